The van der Waals surface area contributed by atoms with Gasteiger partial charge in [-0.25, -0.2) is 13.6 Å². The maximum absolute atomic E-state index is 11.5. The lowest BCUT2D eigenvalue weighted by Gasteiger charge is -2.34. The van der Waals surface area contributed by atoms with Crippen molar-refractivity contribution in [2.24, 2.45) is 5.14 Å². The molecule has 23 heavy (non-hydrogen) atoms. The third kappa shape index (κ3) is 3.92. The summed E-state index contributed by atoms with van der Waals surface area (Å²) in [5.41, 5.74) is -2.13. The van der Waals surface area contributed by atoms with Gasteiger partial charge >= 0.3 is 0 Å². The minimum absolute atomic E-state index is 0.129. The van der Waals surface area contributed by atoms with E-state index in [0.717, 1.165) is 12.2 Å². The summed E-state index contributed by atoms with van der Waals surface area (Å²) in [7, 11) is -4.30. The zero-order chi connectivity index (χ0) is 17.8. The Kier molecular flexibility index (Phi) is 5.97. The largest absolute Gasteiger partial charge is 0.296 e. The molecule has 1 aliphatic rings. The summed E-state index contributed by atoms with van der Waals surface area (Å²) in [6, 6.07) is -1.60. The Morgan fingerprint density at radius 2 is 1.96 bits per heavy atom. The third-order valence-corrected chi connectivity index (χ3v) is 4.64. The summed E-state index contributed by atoms with van der Waals surface area (Å²) in [6.45, 7) is 3.77. The van der Waals surface area contributed by atoms with E-state index in [4.69, 9.17) is 5.14 Å². The Labute approximate surface area is 133 Å². The smallest absolute Gasteiger partial charge is 0.274 e. The highest BCUT2D eigenvalue weighted by Gasteiger charge is 2.56. The predicted molar refractivity (Wildman–Crippen MR) is 83.0 cm³/mol. The van der Waals surface area contributed by atoms with Crippen LogP contribution in [0, 0.1) is 20.2 Å². The molecule has 0 fully saturated rings. The number of nitrogens with two attached hydrogens (primary N) is 1. The second-order valence-corrected chi connectivity index (χ2v) is 6.80. The molecule has 0 saturated heterocycles. The number of likely N-dealkylation sites (N-methyl/N-ethyl adjacent to an activating group) is 1. The van der Waals surface area contributed by atoms with Gasteiger partial charge in [0.2, 0.25) is 10.0 Å². The minimum Gasteiger partial charge on any atom is -0.296 e. The number of hydrogen-bond donors (Lipinski definition) is 2. The minimum atomic E-state index is -4.30. The molecule has 0 aromatic heterocycles. The lowest BCUT2D eigenvalue weighted by Crippen LogP contribution is -2.60. The average molecular weight is 348 g/mol. The van der Waals surface area contributed by atoms with E-state index < -0.39 is 42.1 Å². The van der Waals surface area contributed by atoms with Gasteiger partial charge in [-0.05, 0) is 13.0 Å². The van der Waals surface area contributed by atoms with E-state index in [1.54, 1.807) is 6.92 Å². The standard InChI is InChI=1S/C12H20N4O6S/c1-3-5-6-12(14-4-2)10(15(17)18)7-9(23(13,21)22)8-11(12)16(19)20/h7-8,10,14H,3-6H2,1-2H3,(H2,13,21,22). The summed E-state index contributed by atoms with van der Waals surface area (Å²) in [6.07, 6.45) is 2.99. The molecule has 1 rings (SSSR count). The van der Waals surface area contributed by atoms with Crippen molar-refractivity contribution in [3.63, 3.8) is 0 Å². The van der Waals surface area contributed by atoms with Crippen molar-refractivity contribution in [1.29, 1.82) is 0 Å². The Morgan fingerprint density at radius 1 is 1.35 bits per heavy atom. The molecule has 0 aromatic rings. The first kappa shape index (κ1) is 19.2. The number of nitrogens with one attached hydrogen (secondary N) is 1. The van der Waals surface area contributed by atoms with Crippen LogP contribution >= 0.6 is 0 Å². The van der Waals surface area contributed by atoms with Crippen LogP contribution in [0.1, 0.15) is 33.1 Å². The van der Waals surface area contributed by atoms with Crippen LogP contribution in [0.2, 0.25) is 0 Å². The first-order valence-electron chi connectivity index (χ1n) is 7.09. The van der Waals surface area contributed by atoms with E-state index in [-0.39, 0.29) is 13.0 Å². The highest BCUT2D eigenvalue weighted by molar-refractivity contribution is 7.93. The number of primary sulfonamides is 1. The van der Waals surface area contributed by atoms with Gasteiger partial charge in [-0.1, -0.05) is 26.7 Å². The van der Waals surface area contributed by atoms with Crippen molar-refractivity contribution in [1.82, 2.24) is 5.32 Å². The van der Waals surface area contributed by atoms with Crippen LogP contribution in [0.25, 0.3) is 0 Å². The van der Waals surface area contributed by atoms with E-state index >= 15 is 0 Å². The molecule has 130 valence electrons. The van der Waals surface area contributed by atoms with E-state index in [2.05, 4.69) is 5.32 Å². The summed E-state index contributed by atoms with van der Waals surface area (Å²) in [4.78, 5) is 20.8. The Morgan fingerprint density at radius 3 is 2.35 bits per heavy atom. The molecule has 3 N–H and O–H groups in total. The van der Waals surface area contributed by atoms with Crippen LogP contribution in [0.15, 0.2) is 22.8 Å². The molecule has 0 bridgehead atoms. The molecule has 10 nitrogen and oxygen atoms in total. The van der Waals surface area contributed by atoms with Gasteiger partial charge < -0.3 is 0 Å². The molecule has 0 aliphatic heterocycles. The topological polar surface area (TPSA) is 158 Å². The van der Waals surface area contributed by atoms with E-state index in [0.29, 0.717) is 12.8 Å². The summed E-state index contributed by atoms with van der Waals surface area (Å²) in [5.74, 6) is 0. The van der Waals surface area contributed by atoms with Crippen LogP contribution in [0.4, 0.5) is 0 Å². The number of allylic oxidation sites excluding steroid dienone is 1. The van der Waals surface area contributed by atoms with Gasteiger partial charge in [0.15, 0.2) is 5.54 Å². The van der Waals surface area contributed by atoms with Gasteiger partial charge in [0.25, 0.3) is 11.7 Å². The van der Waals surface area contributed by atoms with Gasteiger partial charge in [-0.15, -0.1) is 0 Å². The highest BCUT2D eigenvalue weighted by atomic mass is 32.2. The zero-order valence-corrected chi connectivity index (χ0v) is 13.7. The van der Waals surface area contributed by atoms with Gasteiger partial charge in [0.05, 0.1) is 9.83 Å². The Hall–Kier alpha value is -1.85. The predicted octanol–water partition coefficient (Wildman–Crippen LogP) is 0.517. The molecule has 0 heterocycles. The summed E-state index contributed by atoms with van der Waals surface area (Å²) < 4.78 is 23.0. The fourth-order valence-electron chi connectivity index (χ4n) is 2.72. The number of unbranched alkanes of at least 4 members (excludes halogenated alkanes) is 1. The van der Waals surface area contributed by atoms with Crippen LogP contribution in [0.3, 0.4) is 0 Å². The Balaban J connectivity index is 3.62. The summed E-state index contributed by atoms with van der Waals surface area (Å²) >= 11 is 0. The van der Waals surface area contributed by atoms with Crippen molar-refractivity contribution in [3.8, 4) is 0 Å². The van der Waals surface area contributed by atoms with Gasteiger partial charge in [0, 0.05) is 17.1 Å². The molecule has 0 amide bonds. The maximum atomic E-state index is 11.5. The number of hydrogen-bond acceptors (Lipinski definition) is 7. The molecule has 2 atom stereocenters. The Bertz CT molecular complexity index is 656. The van der Waals surface area contributed by atoms with Crippen LogP contribution in [-0.4, -0.2) is 36.4 Å². The SMILES string of the molecule is CCCCC1(NCC)C([N+](=O)[O-])=CC(S(N)(=O)=O)=CC1[N+](=O)[O-]. The number of nitro groups is 2. The second-order valence-electron chi connectivity index (χ2n) is 5.24. The molecule has 0 aromatic carbocycles. The molecule has 0 spiro atoms. The number of sulfonamides is 1. The zero-order valence-electron chi connectivity index (χ0n) is 12.9. The summed E-state index contributed by atoms with van der Waals surface area (Å²) in [5, 5.41) is 30.8. The first-order valence-corrected chi connectivity index (χ1v) is 8.64. The third-order valence-electron chi connectivity index (χ3n) is 3.73. The number of rotatable bonds is 8. The van der Waals surface area contributed by atoms with Crippen LogP contribution < -0.4 is 10.5 Å². The van der Waals surface area contributed by atoms with Gasteiger partial charge in [-0.2, -0.15) is 0 Å². The van der Waals surface area contributed by atoms with E-state index in [1.807, 2.05) is 6.92 Å². The maximum Gasteiger partial charge on any atom is 0.274 e. The molecule has 11 heteroatoms. The van der Waals surface area contributed by atoms with E-state index in [1.165, 1.54) is 0 Å². The van der Waals surface area contributed by atoms with Crippen molar-refractivity contribution in [2.45, 2.75) is 44.7 Å². The second kappa shape index (κ2) is 7.15. The molecular weight excluding hydrogens is 328 g/mol. The van der Waals surface area contributed by atoms with Crippen molar-refractivity contribution in [3.05, 3.63) is 43.0 Å². The quantitative estimate of drug-likeness (QED) is 0.477. The first-order chi connectivity index (χ1) is 10.6. The normalized spacial score (nSPS) is 24.7. The average Bonchev–Trinajstić information content (AvgIpc) is 2.43. The molecule has 2 unspecified atom stereocenters. The van der Waals surface area contributed by atoms with Gasteiger partial charge in [0.1, 0.15) is 0 Å². The van der Waals surface area contributed by atoms with Crippen molar-refractivity contribution < 1.29 is 18.3 Å². The number of nitrogens with zero attached hydrogens (tertiary/aromatic N) is 2. The fourth-order valence-corrected chi connectivity index (χ4v) is 3.32. The van der Waals surface area contributed by atoms with Crippen molar-refractivity contribution in [2.75, 3.05) is 6.54 Å². The van der Waals surface area contributed by atoms with Crippen LogP contribution in [0.5, 0.6) is 0 Å². The van der Waals surface area contributed by atoms with Crippen molar-refractivity contribution >= 4 is 10.0 Å². The fraction of sp³-hybridized carbons (Fsp3) is 0.667. The van der Waals surface area contributed by atoms with Gasteiger partial charge in [-0.3, -0.25) is 25.5 Å². The molecular formula is C12H20N4O6S. The van der Waals surface area contributed by atoms with E-state index in [9.17, 15) is 28.6 Å². The lowest BCUT2D eigenvalue weighted by molar-refractivity contribution is -0.533. The molecule has 0 saturated carbocycles. The highest BCUT2D eigenvalue weighted by Crippen LogP contribution is 2.36. The molecule has 0 radical (unpaired) electrons. The lowest BCUT2D eigenvalue weighted by atomic mass is 9.79. The molecule has 1 aliphatic carbocycles. The monoisotopic (exact) mass is 348 g/mol. The van der Waals surface area contributed by atoms with Crippen LogP contribution in [-0.2, 0) is 10.0 Å².